The van der Waals surface area contributed by atoms with E-state index in [0.29, 0.717) is 19.8 Å². The quantitative estimate of drug-likeness (QED) is 0.835. The van der Waals surface area contributed by atoms with Gasteiger partial charge in [-0.05, 0) is 25.8 Å². The molecule has 1 aromatic heterocycles. The van der Waals surface area contributed by atoms with Gasteiger partial charge >= 0.3 is 0 Å². The van der Waals surface area contributed by atoms with E-state index in [1.54, 1.807) is 23.9 Å². The van der Waals surface area contributed by atoms with Crippen LogP contribution in [0.5, 0.6) is 0 Å². The molecule has 1 fully saturated rings. The first-order valence-electron chi connectivity index (χ1n) is 6.33. The summed E-state index contributed by atoms with van der Waals surface area (Å²) in [4.78, 5) is 0.252. The van der Waals surface area contributed by atoms with Crippen molar-refractivity contribution in [1.82, 2.24) is 9.29 Å². The summed E-state index contributed by atoms with van der Waals surface area (Å²) in [5.41, 5.74) is 5.81. The van der Waals surface area contributed by atoms with Crippen molar-refractivity contribution in [2.24, 2.45) is 12.8 Å². The minimum atomic E-state index is -3.54. The van der Waals surface area contributed by atoms with E-state index in [2.05, 4.69) is 4.72 Å². The molecule has 3 N–H and O–H groups in total. The van der Waals surface area contributed by atoms with E-state index in [1.807, 2.05) is 6.92 Å². The van der Waals surface area contributed by atoms with Crippen LogP contribution in [0.3, 0.4) is 0 Å². The van der Waals surface area contributed by atoms with Crippen molar-refractivity contribution < 1.29 is 13.2 Å². The fourth-order valence-corrected chi connectivity index (χ4v) is 3.84. The van der Waals surface area contributed by atoms with Crippen molar-refractivity contribution >= 4 is 10.0 Å². The van der Waals surface area contributed by atoms with E-state index >= 15 is 0 Å². The average Bonchev–Trinajstić information content (AvgIpc) is 2.71. The summed E-state index contributed by atoms with van der Waals surface area (Å²) in [6.45, 7) is 3.28. The molecule has 108 valence electrons. The number of sulfonamides is 1. The molecule has 1 aliphatic heterocycles. The van der Waals surface area contributed by atoms with Crippen molar-refractivity contribution in [3.63, 3.8) is 0 Å². The summed E-state index contributed by atoms with van der Waals surface area (Å²) < 4.78 is 34.6. The third kappa shape index (κ3) is 3.17. The molecule has 1 aliphatic rings. The lowest BCUT2D eigenvalue weighted by Gasteiger charge is -2.33. The van der Waals surface area contributed by atoms with Crippen LogP contribution < -0.4 is 10.5 Å². The molecule has 1 unspecified atom stereocenters. The Bertz CT molecular complexity index is 545. The van der Waals surface area contributed by atoms with Gasteiger partial charge in [0, 0.05) is 32.1 Å². The van der Waals surface area contributed by atoms with E-state index in [9.17, 15) is 8.42 Å². The summed E-state index contributed by atoms with van der Waals surface area (Å²) in [5, 5.41) is 0. The maximum absolute atomic E-state index is 12.4. The Kier molecular flexibility index (Phi) is 4.00. The number of nitrogens with one attached hydrogen (secondary N) is 1. The van der Waals surface area contributed by atoms with Crippen LogP contribution in [0.1, 0.15) is 25.5 Å². The van der Waals surface area contributed by atoms with Gasteiger partial charge in [0.15, 0.2) is 0 Å². The van der Waals surface area contributed by atoms with Crippen LogP contribution in [-0.4, -0.2) is 31.7 Å². The molecule has 0 aliphatic carbocycles. The molecule has 2 rings (SSSR count). The Morgan fingerprint density at radius 1 is 1.58 bits per heavy atom. The molecule has 0 amide bonds. The first-order chi connectivity index (χ1) is 8.86. The number of rotatable bonds is 4. The first kappa shape index (κ1) is 14.5. The topological polar surface area (TPSA) is 86.3 Å². The van der Waals surface area contributed by atoms with Crippen LogP contribution in [0, 0.1) is 0 Å². The van der Waals surface area contributed by atoms with E-state index in [-0.39, 0.29) is 4.90 Å². The fraction of sp³-hybridized carbons (Fsp3) is 0.667. The van der Waals surface area contributed by atoms with Gasteiger partial charge in [0.1, 0.15) is 0 Å². The lowest BCUT2D eigenvalue weighted by molar-refractivity contribution is 0.0386. The van der Waals surface area contributed by atoms with Crippen molar-refractivity contribution in [2.75, 3.05) is 13.2 Å². The number of nitrogens with two attached hydrogens (primary N) is 1. The molecule has 2 heterocycles. The zero-order chi connectivity index (χ0) is 14.1. The number of aryl methyl sites for hydroxylation is 1. The number of hydrogen-bond donors (Lipinski definition) is 2. The van der Waals surface area contributed by atoms with E-state index < -0.39 is 15.6 Å². The molecule has 19 heavy (non-hydrogen) atoms. The number of hydrogen-bond acceptors (Lipinski definition) is 4. The summed E-state index contributed by atoms with van der Waals surface area (Å²) >= 11 is 0. The van der Waals surface area contributed by atoms with Crippen molar-refractivity contribution in [1.29, 1.82) is 0 Å². The second kappa shape index (κ2) is 5.24. The van der Waals surface area contributed by atoms with Crippen LogP contribution in [0.2, 0.25) is 0 Å². The number of aromatic nitrogens is 1. The molecule has 0 bridgehead atoms. The van der Waals surface area contributed by atoms with Gasteiger partial charge in [-0.3, -0.25) is 0 Å². The predicted molar refractivity (Wildman–Crippen MR) is 72.1 cm³/mol. The minimum Gasteiger partial charge on any atom is -0.380 e. The molecule has 0 radical (unpaired) electrons. The van der Waals surface area contributed by atoms with Crippen LogP contribution in [0.4, 0.5) is 0 Å². The molecule has 6 nitrogen and oxygen atoms in total. The zero-order valence-corrected chi connectivity index (χ0v) is 12.2. The van der Waals surface area contributed by atoms with Gasteiger partial charge < -0.3 is 15.0 Å². The Hall–Kier alpha value is -0.890. The molecular weight excluding hydrogens is 266 g/mol. The summed E-state index contributed by atoms with van der Waals surface area (Å²) in [6.07, 6.45) is 3.22. The van der Waals surface area contributed by atoms with Crippen LogP contribution >= 0.6 is 0 Å². The summed E-state index contributed by atoms with van der Waals surface area (Å²) in [7, 11) is -1.75. The van der Waals surface area contributed by atoms with Crippen molar-refractivity contribution in [3.05, 3.63) is 18.0 Å². The first-order valence-corrected chi connectivity index (χ1v) is 7.82. The lowest BCUT2D eigenvalue weighted by atomic mass is 9.97. The Balaban J connectivity index is 2.21. The standard InChI is InChI=1S/C12H21N3O3S/c1-12(4-3-5-18-9-12)14-19(16,17)11-6-10(7-13)15(2)8-11/h6,8,14H,3-5,7,9,13H2,1-2H3. The van der Waals surface area contributed by atoms with Crippen LogP contribution in [-0.2, 0) is 28.4 Å². The highest BCUT2D eigenvalue weighted by molar-refractivity contribution is 7.89. The maximum Gasteiger partial charge on any atom is 0.242 e. The second-order valence-corrected chi connectivity index (χ2v) is 6.99. The zero-order valence-electron chi connectivity index (χ0n) is 11.3. The molecule has 0 saturated carbocycles. The van der Waals surface area contributed by atoms with Gasteiger partial charge in [0.2, 0.25) is 10.0 Å². The van der Waals surface area contributed by atoms with E-state index in [4.69, 9.17) is 10.5 Å². The predicted octanol–water partition coefficient (Wildman–Crippen LogP) is 0.331. The normalized spacial score (nSPS) is 24.6. The van der Waals surface area contributed by atoms with Gasteiger partial charge in [-0.1, -0.05) is 0 Å². The molecule has 7 heteroatoms. The second-order valence-electron chi connectivity index (χ2n) is 5.30. The van der Waals surface area contributed by atoms with Gasteiger partial charge in [0.25, 0.3) is 0 Å². The maximum atomic E-state index is 12.4. The number of nitrogens with zero attached hydrogens (tertiary/aromatic N) is 1. The van der Waals surface area contributed by atoms with Gasteiger partial charge in [-0.15, -0.1) is 0 Å². The van der Waals surface area contributed by atoms with E-state index in [1.165, 1.54) is 0 Å². The van der Waals surface area contributed by atoms with Gasteiger partial charge in [0.05, 0.1) is 17.0 Å². The highest BCUT2D eigenvalue weighted by Gasteiger charge is 2.33. The molecule has 0 spiro atoms. The van der Waals surface area contributed by atoms with Crippen molar-refractivity contribution in [3.8, 4) is 0 Å². The van der Waals surface area contributed by atoms with Gasteiger partial charge in [-0.2, -0.15) is 0 Å². The molecule has 1 aromatic rings. The summed E-state index contributed by atoms with van der Waals surface area (Å²) in [5.74, 6) is 0. The molecule has 1 atom stereocenters. The molecule has 0 aromatic carbocycles. The highest BCUT2D eigenvalue weighted by Crippen LogP contribution is 2.22. The smallest absolute Gasteiger partial charge is 0.242 e. The monoisotopic (exact) mass is 287 g/mol. The Morgan fingerprint density at radius 2 is 2.32 bits per heavy atom. The Labute approximate surface area is 114 Å². The summed E-state index contributed by atoms with van der Waals surface area (Å²) in [6, 6.07) is 1.61. The highest BCUT2D eigenvalue weighted by atomic mass is 32.2. The van der Waals surface area contributed by atoms with Crippen LogP contribution in [0.25, 0.3) is 0 Å². The van der Waals surface area contributed by atoms with Crippen LogP contribution in [0.15, 0.2) is 17.2 Å². The third-order valence-corrected chi connectivity index (χ3v) is 5.03. The third-order valence-electron chi connectivity index (χ3n) is 3.42. The Morgan fingerprint density at radius 3 is 2.84 bits per heavy atom. The lowest BCUT2D eigenvalue weighted by Crippen LogP contribution is -2.51. The largest absolute Gasteiger partial charge is 0.380 e. The average molecular weight is 287 g/mol. The van der Waals surface area contributed by atoms with E-state index in [0.717, 1.165) is 18.5 Å². The fourth-order valence-electron chi connectivity index (χ4n) is 2.32. The van der Waals surface area contributed by atoms with Crippen molar-refractivity contribution in [2.45, 2.75) is 36.7 Å². The molecular formula is C12H21N3O3S. The van der Waals surface area contributed by atoms with Gasteiger partial charge in [-0.25, -0.2) is 13.1 Å². The minimum absolute atomic E-state index is 0.252. The molecule has 1 saturated heterocycles. The SMILES string of the molecule is Cn1cc(S(=O)(=O)NC2(C)CCCOC2)cc1CN. The number of ether oxygens (including phenoxy) is 1.